The Kier molecular flexibility index (Phi) is 9.83. The van der Waals surface area contributed by atoms with Crippen molar-refractivity contribution in [1.82, 2.24) is 16.0 Å². The molecular formula is C28H29Cl2N3O5. The highest BCUT2D eigenvalue weighted by Crippen LogP contribution is 2.25. The maximum absolute atomic E-state index is 13.2. The summed E-state index contributed by atoms with van der Waals surface area (Å²) < 4.78 is 0. The van der Waals surface area contributed by atoms with Crippen molar-refractivity contribution in [3.05, 3.63) is 75.8 Å². The van der Waals surface area contributed by atoms with Gasteiger partial charge in [0.05, 0.1) is 34.5 Å². The van der Waals surface area contributed by atoms with Gasteiger partial charge in [0.1, 0.15) is 5.92 Å². The van der Waals surface area contributed by atoms with Crippen molar-refractivity contribution in [3.8, 4) is 0 Å². The standard InChI is InChI=1S/C28H29Cl2N3O5/c1-15(2)25(26(36)24-16(3)27(37)33-28(24)38)32-23(35)14-21(18-7-5-4-6-8-18)31-22(34)12-10-17-9-11-19(29)20(30)13-17/h4-13,15-16,21,24-25H,14H2,1-3H3,(H,31,34)(H,32,35)(H,33,37,38)/b12-10+/t16-,21+,24+,25+/m0/s1. The highest BCUT2D eigenvalue weighted by Gasteiger charge is 2.46. The van der Waals surface area contributed by atoms with Crippen LogP contribution >= 0.6 is 23.2 Å². The van der Waals surface area contributed by atoms with Gasteiger partial charge in [-0.1, -0.05) is 80.4 Å². The van der Waals surface area contributed by atoms with Crippen LogP contribution in [0, 0.1) is 17.8 Å². The number of carbonyl (C=O) groups is 5. The van der Waals surface area contributed by atoms with Crippen molar-refractivity contribution in [2.45, 2.75) is 39.3 Å². The van der Waals surface area contributed by atoms with E-state index in [2.05, 4.69) is 16.0 Å². The molecule has 200 valence electrons. The molecule has 0 saturated carbocycles. The number of halogens is 2. The summed E-state index contributed by atoms with van der Waals surface area (Å²) in [7, 11) is 0. The Hall–Kier alpha value is -3.49. The van der Waals surface area contributed by atoms with Crippen LogP contribution in [0.5, 0.6) is 0 Å². The molecule has 2 aromatic rings. The first-order valence-corrected chi connectivity index (χ1v) is 12.9. The number of hydrogen-bond acceptors (Lipinski definition) is 5. The largest absolute Gasteiger partial charge is 0.346 e. The summed E-state index contributed by atoms with van der Waals surface area (Å²) in [6, 6.07) is 12.2. The van der Waals surface area contributed by atoms with E-state index in [-0.39, 0.29) is 12.3 Å². The first-order chi connectivity index (χ1) is 18.0. The Labute approximate surface area is 231 Å². The fourth-order valence-corrected chi connectivity index (χ4v) is 4.50. The lowest BCUT2D eigenvalue weighted by atomic mass is 9.85. The van der Waals surface area contributed by atoms with E-state index in [0.29, 0.717) is 21.2 Å². The van der Waals surface area contributed by atoms with Gasteiger partial charge in [-0.05, 0) is 35.3 Å². The normalized spacial score (nSPS) is 18.8. The number of hydrogen-bond donors (Lipinski definition) is 3. The van der Waals surface area contributed by atoms with Crippen molar-refractivity contribution in [3.63, 3.8) is 0 Å². The van der Waals surface area contributed by atoms with Crippen LogP contribution in [-0.2, 0) is 24.0 Å². The molecule has 38 heavy (non-hydrogen) atoms. The molecule has 0 aliphatic carbocycles. The van der Waals surface area contributed by atoms with Crippen LogP contribution < -0.4 is 16.0 Å². The fourth-order valence-electron chi connectivity index (χ4n) is 4.19. The summed E-state index contributed by atoms with van der Waals surface area (Å²) in [4.78, 5) is 63.0. The molecule has 4 atom stereocenters. The van der Waals surface area contributed by atoms with Gasteiger partial charge in [-0.2, -0.15) is 0 Å². The third kappa shape index (κ3) is 7.30. The minimum Gasteiger partial charge on any atom is -0.346 e. The SMILES string of the molecule is CC(C)[C@@H](NC(=O)C[C@@H](NC(=O)/C=C/c1ccc(Cl)c(Cl)c1)c1ccccc1)C(=O)[C@@H]1C(=O)NC(=O)[C@H]1C. The zero-order chi connectivity index (χ0) is 28.0. The maximum atomic E-state index is 13.2. The van der Waals surface area contributed by atoms with Crippen LogP contribution in [-0.4, -0.2) is 35.5 Å². The van der Waals surface area contributed by atoms with Crippen LogP contribution in [0.2, 0.25) is 10.0 Å². The molecular weight excluding hydrogens is 529 g/mol. The summed E-state index contributed by atoms with van der Waals surface area (Å²) in [5.41, 5.74) is 1.37. The topological polar surface area (TPSA) is 121 Å². The van der Waals surface area contributed by atoms with E-state index in [1.54, 1.807) is 62.4 Å². The highest BCUT2D eigenvalue weighted by molar-refractivity contribution is 6.42. The van der Waals surface area contributed by atoms with Gasteiger partial charge < -0.3 is 10.6 Å². The van der Waals surface area contributed by atoms with E-state index in [1.807, 2.05) is 6.07 Å². The second kappa shape index (κ2) is 12.8. The van der Waals surface area contributed by atoms with Gasteiger partial charge in [-0.25, -0.2) is 0 Å². The highest BCUT2D eigenvalue weighted by atomic mass is 35.5. The summed E-state index contributed by atoms with van der Waals surface area (Å²) in [5.74, 6) is -4.92. The zero-order valence-corrected chi connectivity index (χ0v) is 22.7. The Bertz CT molecular complexity index is 1260. The predicted molar refractivity (Wildman–Crippen MR) is 145 cm³/mol. The molecule has 3 rings (SSSR count). The van der Waals surface area contributed by atoms with Crippen LogP contribution in [0.15, 0.2) is 54.6 Å². The van der Waals surface area contributed by atoms with Crippen LogP contribution in [0.1, 0.15) is 44.4 Å². The number of nitrogens with one attached hydrogen (secondary N) is 3. The lowest BCUT2D eigenvalue weighted by Crippen LogP contribution is -2.49. The van der Waals surface area contributed by atoms with Gasteiger partial charge in [-0.3, -0.25) is 29.3 Å². The molecule has 1 aliphatic heterocycles. The van der Waals surface area contributed by atoms with Crippen molar-refractivity contribution >= 4 is 58.7 Å². The average molecular weight is 558 g/mol. The van der Waals surface area contributed by atoms with E-state index in [4.69, 9.17) is 23.2 Å². The van der Waals surface area contributed by atoms with Crippen molar-refractivity contribution in [2.75, 3.05) is 0 Å². The second-order valence-corrected chi connectivity index (χ2v) is 10.3. The molecule has 1 aliphatic rings. The Balaban J connectivity index is 1.73. The molecule has 0 radical (unpaired) electrons. The van der Waals surface area contributed by atoms with Gasteiger partial charge >= 0.3 is 0 Å². The Morgan fingerprint density at radius 1 is 0.974 bits per heavy atom. The minimum absolute atomic E-state index is 0.155. The minimum atomic E-state index is -1.16. The summed E-state index contributed by atoms with van der Waals surface area (Å²) >= 11 is 12.0. The number of amides is 4. The van der Waals surface area contributed by atoms with Gasteiger partial charge in [0, 0.05) is 6.08 Å². The molecule has 0 bridgehead atoms. The summed E-state index contributed by atoms with van der Waals surface area (Å²) in [6.45, 7) is 4.99. The monoisotopic (exact) mass is 557 g/mol. The maximum Gasteiger partial charge on any atom is 0.244 e. The first kappa shape index (κ1) is 29.1. The number of benzene rings is 2. The third-order valence-electron chi connectivity index (χ3n) is 6.32. The van der Waals surface area contributed by atoms with E-state index in [1.165, 1.54) is 13.0 Å². The van der Waals surface area contributed by atoms with Crippen LogP contribution in [0.3, 0.4) is 0 Å². The Morgan fingerprint density at radius 3 is 2.24 bits per heavy atom. The molecule has 1 heterocycles. The van der Waals surface area contributed by atoms with E-state index < -0.39 is 53.3 Å². The van der Waals surface area contributed by atoms with E-state index in [0.717, 1.165) is 0 Å². The van der Waals surface area contributed by atoms with Crippen LogP contribution in [0.4, 0.5) is 0 Å². The fraction of sp³-hybridized carbons (Fsp3) is 0.321. The van der Waals surface area contributed by atoms with Crippen molar-refractivity contribution in [1.29, 1.82) is 0 Å². The molecule has 1 saturated heterocycles. The number of carbonyl (C=O) groups excluding carboxylic acids is 5. The van der Waals surface area contributed by atoms with Gasteiger partial charge in [-0.15, -0.1) is 0 Å². The lowest BCUT2D eigenvalue weighted by molar-refractivity contribution is -0.137. The molecule has 4 amide bonds. The van der Waals surface area contributed by atoms with Crippen molar-refractivity contribution < 1.29 is 24.0 Å². The quantitative estimate of drug-likeness (QED) is 0.232. The molecule has 2 aromatic carbocycles. The Morgan fingerprint density at radius 2 is 1.66 bits per heavy atom. The summed E-state index contributed by atoms with van der Waals surface area (Å²) in [6.07, 6.45) is 2.74. The van der Waals surface area contributed by atoms with Crippen molar-refractivity contribution in [2.24, 2.45) is 17.8 Å². The predicted octanol–water partition coefficient (Wildman–Crippen LogP) is 3.87. The molecule has 0 spiro atoms. The molecule has 0 unspecified atom stereocenters. The molecule has 8 nitrogen and oxygen atoms in total. The molecule has 1 fully saturated rings. The van der Waals surface area contributed by atoms with Gasteiger partial charge in [0.15, 0.2) is 5.78 Å². The van der Waals surface area contributed by atoms with Crippen LogP contribution in [0.25, 0.3) is 6.08 Å². The number of imide groups is 1. The molecule has 0 aromatic heterocycles. The molecule has 10 heteroatoms. The van der Waals surface area contributed by atoms with Gasteiger partial charge in [0.2, 0.25) is 23.6 Å². The van der Waals surface area contributed by atoms with E-state index in [9.17, 15) is 24.0 Å². The number of rotatable bonds is 10. The third-order valence-corrected chi connectivity index (χ3v) is 7.06. The first-order valence-electron chi connectivity index (χ1n) is 12.1. The number of Topliss-reactive ketones (excluding diaryl/α,β-unsaturated/α-hetero) is 1. The summed E-state index contributed by atoms with van der Waals surface area (Å²) in [5, 5.41) is 8.47. The average Bonchev–Trinajstić information content (AvgIpc) is 3.13. The zero-order valence-electron chi connectivity index (χ0n) is 21.2. The van der Waals surface area contributed by atoms with Gasteiger partial charge in [0.25, 0.3) is 0 Å². The second-order valence-electron chi connectivity index (χ2n) is 9.49. The number of ketones is 1. The molecule has 3 N–H and O–H groups in total. The smallest absolute Gasteiger partial charge is 0.244 e. The lowest BCUT2D eigenvalue weighted by Gasteiger charge is -2.25. The van der Waals surface area contributed by atoms with E-state index >= 15 is 0 Å².